The number of methoxy groups -OCH3 is 2. The molecule has 4 rings (SSSR count). The maximum absolute atomic E-state index is 12.6. The molecule has 0 bridgehead atoms. The number of nitrogens with one attached hydrogen (secondary N) is 2. The van der Waals surface area contributed by atoms with Crippen molar-refractivity contribution >= 4 is 35.0 Å². The summed E-state index contributed by atoms with van der Waals surface area (Å²) in [4.78, 5) is 40.8. The van der Waals surface area contributed by atoms with Gasteiger partial charge in [-0.2, -0.15) is 0 Å². The minimum Gasteiger partial charge on any atom is -0.494 e. The van der Waals surface area contributed by atoms with Crippen molar-refractivity contribution < 1.29 is 28.5 Å². The normalized spacial score (nSPS) is 11.4. The number of nitrogens with two attached hydrogens (primary N) is 1. The van der Waals surface area contributed by atoms with Crippen molar-refractivity contribution in [2.24, 2.45) is 5.73 Å². The Bertz CT molecular complexity index is 1590. The molecule has 0 aliphatic heterocycles. The summed E-state index contributed by atoms with van der Waals surface area (Å²) in [6.07, 6.45) is 3.02. The fourth-order valence-electron chi connectivity index (χ4n) is 3.92. The second-order valence-electron chi connectivity index (χ2n) is 8.69. The van der Waals surface area contributed by atoms with E-state index in [1.54, 1.807) is 24.5 Å². The fourth-order valence-corrected chi connectivity index (χ4v) is 4.08. The Labute approximate surface area is 246 Å². The molecule has 4 N–H and O–H groups in total. The van der Waals surface area contributed by atoms with E-state index in [0.717, 1.165) is 5.56 Å². The average Bonchev–Trinajstić information content (AvgIpc) is 2.99. The summed E-state index contributed by atoms with van der Waals surface area (Å²) in [6, 6.07) is 10.1. The molecule has 218 valence electrons. The van der Waals surface area contributed by atoms with Gasteiger partial charge >= 0.3 is 6.09 Å². The number of carbonyl (C=O) groups is 2. The van der Waals surface area contributed by atoms with Crippen molar-refractivity contribution in [3.63, 3.8) is 0 Å². The van der Waals surface area contributed by atoms with E-state index in [-0.39, 0.29) is 29.1 Å². The van der Waals surface area contributed by atoms with Crippen LogP contribution in [0.4, 0.5) is 16.2 Å². The van der Waals surface area contributed by atoms with E-state index in [0.29, 0.717) is 40.0 Å². The number of benzene rings is 1. The van der Waals surface area contributed by atoms with Crippen molar-refractivity contribution in [2.75, 3.05) is 26.6 Å². The van der Waals surface area contributed by atoms with Crippen molar-refractivity contribution in [1.29, 1.82) is 0 Å². The molecule has 14 heteroatoms. The molecule has 0 aliphatic carbocycles. The first-order chi connectivity index (χ1) is 20.2. The van der Waals surface area contributed by atoms with Crippen LogP contribution in [0.1, 0.15) is 34.6 Å². The first kappa shape index (κ1) is 30.0. The number of aromatic nitrogens is 4. The van der Waals surface area contributed by atoms with Crippen molar-refractivity contribution in [3.8, 4) is 28.8 Å². The largest absolute Gasteiger partial charge is 0.494 e. The second-order valence-corrected chi connectivity index (χ2v) is 9.08. The summed E-state index contributed by atoms with van der Waals surface area (Å²) in [5, 5.41) is 6.04. The second kappa shape index (κ2) is 13.6. The molecular weight excluding hydrogens is 566 g/mol. The highest BCUT2D eigenvalue weighted by molar-refractivity contribution is 6.29. The van der Waals surface area contributed by atoms with E-state index in [2.05, 4.69) is 30.6 Å². The Hall–Kier alpha value is -5.01. The molecule has 1 aromatic carbocycles. The Morgan fingerprint density at radius 3 is 2.45 bits per heavy atom. The molecular formula is C28H28ClN7O6. The van der Waals surface area contributed by atoms with Crippen LogP contribution in [-0.2, 0) is 11.3 Å². The lowest BCUT2D eigenvalue weighted by atomic mass is 10.0. The SMILES string of the molecule is CNC(=O)c1cnc(Cl)cc1Nc1cc(C(C)OCc2cccc(OC(N)=O)n2)cc(-c2ncc(OC)cn2)c1OC. The van der Waals surface area contributed by atoms with Gasteiger partial charge in [0.15, 0.2) is 17.3 Å². The van der Waals surface area contributed by atoms with E-state index in [1.807, 2.05) is 19.1 Å². The van der Waals surface area contributed by atoms with E-state index in [9.17, 15) is 9.59 Å². The summed E-state index contributed by atoms with van der Waals surface area (Å²) < 4.78 is 22.0. The summed E-state index contributed by atoms with van der Waals surface area (Å²) in [5.41, 5.74) is 8.03. The Balaban J connectivity index is 1.74. The smallest absolute Gasteiger partial charge is 0.411 e. The maximum atomic E-state index is 12.6. The monoisotopic (exact) mass is 593 g/mol. The zero-order valence-corrected chi connectivity index (χ0v) is 23.9. The van der Waals surface area contributed by atoms with Gasteiger partial charge in [0.2, 0.25) is 5.88 Å². The first-order valence-corrected chi connectivity index (χ1v) is 12.9. The van der Waals surface area contributed by atoms with Crippen molar-refractivity contribution in [2.45, 2.75) is 19.6 Å². The lowest BCUT2D eigenvalue weighted by molar-refractivity contribution is 0.0503. The van der Waals surface area contributed by atoms with Gasteiger partial charge in [-0.1, -0.05) is 17.7 Å². The zero-order chi connectivity index (χ0) is 30.2. The number of hydrogen-bond donors (Lipinski definition) is 3. The number of carbonyl (C=O) groups excluding carboxylic acids is 2. The van der Waals surface area contributed by atoms with Crippen LogP contribution in [-0.4, -0.2) is 53.2 Å². The fraction of sp³-hybridized carbons (Fsp3) is 0.214. The molecule has 0 saturated carbocycles. The third-order valence-corrected chi connectivity index (χ3v) is 6.18. The summed E-state index contributed by atoms with van der Waals surface area (Å²) >= 11 is 6.17. The van der Waals surface area contributed by atoms with Crippen LogP contribution in [0.2, 0.25) is 5.15 Å². The highest BCUT2D eigenvalue weighted by Crippen LogP contribution is 2.41. The van der Waals surface area contributed by atoms with E-state index in [4.69, 9.17) is 36.3 Å². The standard InChI is InChI=1S/C28H28ClN7O6/c1-15(41-14-17-6-5-7-24(35-17)42-28(30)38)16-8-19(26-33-11-18(39-3)12-34-26)25(40-4)22(9-16)36-21-10-23(29)32-13-20(21)27(37)31-2/h5-13,15H,14H2,1-4H3,(H2,30,38)(H,31,37)(H,32,36). The van der Waals surface area contributed by atoms with E-state index >= 15 is 0 Å². The molecule has 0 saturated heterocycles. The van der Waals surface area contributed by atoms with Gasteiger partial charge in [-0.3, -0.25) is 4.79 Å². The lowest BCUT2D eigenvalue weighted by Crippen LogP contribution is -2.19. The van der Waals surface area contributed by atoms with Gasteiger partial charge in [-0.25, -0.2) is 24.7 Å². The molecule has 3 heterocycles. The Kier molecular flexibility index (Phi) is 9.68. The van der Waals surface area contributed by atoms with Gasteiger partial charge in [0.1, 0.15) is 5.15 Å². The highest BCUT2D eigenvalue weighted by Gasteiger charge is 2.21. The van der Waals surface area contributed by atoms with Crippen LogP contribution in [0.25, 0.3) is 11.4 Å². The summed E-state index contributed by atoms with van der Waals surface area (Å²) in [7, 11) is 4.55. The number of anilines is 2. The number of hydrogen-bond acceptors (Lipinski definition) is 11. The van der Waals surface area contributed by atoms with Crippen molar-refractivity contribution in [3.05, 3.63) is 77.0 Å². The minimum atomic E-state index is -0.962. The third-order valence-electron chi connectivity index (χ3n) is 5.97. The predicted octanol–water partition coefficient (Wildman–Crippen LogP) is 4.44. The number of halogens is 1. The van der Waals surface area contributed by atoms with Gasteiger partial charge < -0.3 is 35.3 Å². The third kappa shape index (κ3) is 7.19. The van der Waals surface area contributed by atoms with E-state index in [1.165, 1.54) is 39.6 Å². The Morgan fingerprint density at radius 2 is 1.79 bits per heavy atom. The number of pyridine rings is 2. The van der Waals surface area contributed by atoms with Gasteiger partial charge in [-0.15, -0.1) is 0 Å². The zero-order valence-electron chi connectivity index (χ0n) is 23.2. The molecule has 0 aliphatic rings. The summed E-state index contributed by atoms with van der Waals surface area (Å²) in [6.45, 7) is 1.95. The van der Waals surface area contributed by atoms with Crippen LogP contribution in [0, 0.1) is 0 Å². The molecule has 2 amide bonds. The van der Waals surface area contributed by atoms with Crippen LogP contribution in [0.3, 0.4) is 0 Å². The average molecular weight is 594 g/mol. The molecule has 1 atom stereocenters. The maximum Gasteiger partial charge on any atom is 0.411 e. The molecule has 1 unspecified atom stereocenters. The van der Waals surface area contributed by atoms with Crippen molar-refractivity contribution in [1.82, 2.24) is 25.3 Å². The number of primary amides is 1. The Morgan fingerprint density at radius 1 is 1.02 bits per heavy atom. The number of nitrogens with zero attached hydrogens (tertiary/aromatic N) is 4. The summed E-state index contributed by atoms with van der Waals surface area (Å²) in [5.74, 6) is 0.962. The molecule has 0 spiro atoms. The van der Waals surface area contributed by atoms with Gasteiger partial charge in [0.25, 0.3) is 5.91 Å². The molecule has 4 aromatic rings. The van der Waals surface area contributed by atoms with Gasteiger partial charge in [0.05, 0.1) is 67.5 Å². The first-order valence-electron chi connectivity index (χ1n) is 12.5. The number of amides is 2. The van der Waals surface area contributed by atoms with Crippen LogP contribution in [0.15, 0.2) is 55.0 Å². The molecule has 3 aromatic heterocycles. The van der Waals surface area contributed by atoms with E-state index < -0.39 is 12.2 Å². The number of rotatable bonds is 11. The van der Waals surface area contributed by atoms with Gasteiger partial charge in [-0.05, 0) is 36.8 Å². The molecule has 42 heavy (non-hydrogen) atoms. The lowest BCUT2D eigenvalue weighted by Gasteiger charge is -2.21. The van der Waals surface area contributed by atoms with Crippen LogP contribution < -0.4 is 30.6 Å². The molecule has 0 fully saturated rings. The highest BCUT2D eigenvalue weighted by atomic mass is 35.5. The predicted molar refractivity (Wildman–Crippen MR) is 154 cm³/mol. The topological polar surface area (TPSA) is 173 Å². The minimum absolute atomic E-state index is 0.0639. The number of ether oxygens (including phenoxy) is 4. The molecule has 0 radical (unpaired) electrons. The van der Waals surface area contributed by atoms with Crippen LogP contribution >= 0.6 is 11.6 Å². The quantitative estimate of drug-likeness (QED) is 0.210. The van der Waals surface area contributed by atoms with Crippen LogP contribution in [0.5, 0.6) is 17.4 Å². The van der Waals surface area contributed by atoms with Gasteiger partial charge in [0, 0.05) is 19.3 Å². The molecule has 13 nitrogen and oxygen atoms in total.